The van der Waals surface area contributed by atoms with Gasteiger partial charge in [-0.2, -0.15) is 9.36 Å². The SMILES string of the molecule is Cn1nnn(-c2cc(N)ccc2O[C@H]2CCOC2)c1=O. The Bertz CT molecular complexity index is 672. The van der Waals surface area contributed by atoms with Gasteiger partial charge >= 0.3 is 5.69 Å². The summed E-state index contributed by atoms with van der Waals surface area (Å²) < 4.78 is 13.5. The zero-order valence-corrected chi connectivity index (χ0v) is 11.0. The Balaban J connectivity index is 2.01. The summed E-state index contributed by atoms with van der Waals surface area (Å²) in [7, 11) is 1.53. The van der Waals surface area contributed by atoms with Crippen molar-refractivity contribution in [1.29, 1.82) is 0 Å². The molecule has 2 N–H and O–H groups in total. The van der Waals surface area contributed by atoms with Crippen LogP contribution in [0.2, 0.25) is 0 Å². The molecule has 0 saturated carbocycles. The van der Waals surface area contributed by atoms with Crippen molar-refractivity contribution < 1.29 is 9.47 Å². The minimum Gasteiger partial charge on any atom is -0.486 e. The average Bonchev–Trinajstić information content (AvgIpc) is 3.04. The molecule has 2 aromatic rings. The number of hydrogen-bond donors (Lipinski definition) is 1. The summed E-state index contributed by atoms with van der Waals surface area (Å²) in [6, 6.07) is 5.08. The van der Waals surface area contributed by atoms with Gasteiger partial charge in [-0.25, -0.2) is 4.79 Å². The zero-order valence-electron chi connectivity index (χ0n) is 11.0. The maximum absolute atomic E-state index is 11.9. The molecule has 1 saturated heterocycles. The van der Waals surface area contributed by atoms with Crippen LogP contribution >= 0.6 is 0 Å². The smallest absolute Gasteiger partial charge is 0.368 e. The van der Waals surface area contributed by atoms with E-state index in [1.165, 1.54) is 11.7 Å². The van der Waals surface area contributed by atoms with Crippen LogP contribution in [0.5, 0.6) is 5.75 Å². The fourth-order valence-corrected chi connectivity index (χ4v) is 2.05. The van der Waals surface area contributed by atoms with Crippen LogP contribution in [0.1, 0.15) is 6.42 Å². The summed E-state index contributed by atoms with van der Waals surface area (Å²) in [4.78, 5) is 11.9. The first-order chi connectivity index (χ1) is 9.65. The summed E-state index contributed by atoms with van der Waals surface area (Å²) >= 11 is 0. The summed E-state index contributed by atoms with van der Waals surface area (Å²) in [6.45, 7) is 1.22. The maximum Gasteiger partial charge on any atom is 0.368 e. The number of aryl methyl sites for hydroxylation is 1. The largest absolute Gasteiger partial charge is 0.486 e. The first-order valence-corrected chi connectivity index (χ1v) is 6.28. The molecule has 2 heterocycles. The molecule has 106 valence electrons. The van der Waals surface area contributed by atoms with Crippen molar-refractivity contribution in [3.8, 4) is 11.4 Å². The van der Waals surface area contributed by atoms with Crippen LogP contribution in [0, 0.1) is 0 Å². The number of aromatic nitrogens is 4. The van der Waals surface area contributed by atoms with Gasteiger partial charge in [-0.1, -0.05) is 0 Å². The van der Waals surface area contributed by atoms with E-state index in [-0.39, 0.29) is 11.8 Å². The Morgan fingerprint density at radius 3 is 2.95 bits per heavy atom. The Morgan fingerprint density at radius 2 is 2.30 bits per heavy atom. The lowest BCUT2D eigenvalue weighted by molar-refractivity contribution is 0.141. The predicted octanol–water partition coefficient (Wildman–Crippen LogP) is -0.284. The number of rotatable bonds is 3. The molecule has 8 heteroatoms. The van der Waals surface area contributed by atoms with Crippen molar-refractivity contribution in [2.24, 2.45) is 7.05 Å². The van der Waals surface area contributed by atoms with Gasteiger partial charge in [0.15, 0.2) is 0 Å². The van der Waals surface area contributed by atoms with E-state index in [1.807, 2.05) is 0 Å². The minimum atomic E-state index is -0.358. The predicted molar refractivity (Wildman–Crippen MR) is 70.9 cm³/mol. The van der Waals surface area contributed by atoms with Gasteiger partial charge in [-0.15, -0.1) is 0 Å². The molecule has 3 rings (SSSR count). The molecule has 0 amide bonds. The molecule has 0 unspecified atom stereocenters. The molecule has 8 nitrogen and oxygen atoms in total. The molecule has 0 radical (unpaired) electrons. The number of nitrogen functional groups attached to an aromatic ring is 1. The summed E-state index contributed by atoms with van der Waals surface area (Å²) in [5.74, 6) is 0.539. The highest BCUT2D eigenvalue weighted by molar-refractivity contribution is 5.55. The van der Waals surface area contributed by atoms with Gasteiger partial charge in [-0.05, 0) is 28.6 Å². The zero-order chi connectivity index (χ0) is 14.1. The molecule has 20 heavy (non-hydrogen) atoms. The van der Waals surface area contributed by atoms with E-state index in [4.69, 9.17) is 15.2 Å². The van der Waals surface area contributed by atoms with Gasteiger partial charge in [0.2, 0.25) is 0 Å². The van der Waals surface area contributed by atoms with Crippen LogP contribution in [-0.4, -0.2) is 39.1 Å². The number of anilines is 1. The van der Waals surface area contributed by atoms with E-state index in [1.54, 1.807) is 18.2 Å². The van der Waals surface area contributed by atoms with Gasteiger partial charge in [0, 0.05) is 19.2 Å². The van der Waals surface area contributed by atoms with Crippen molar-refractivity contribution in [2.75, 3.05) is 18.9 Å². The molecule has 1 aromatic carbocycles. The van der Waals surface area contributed by atoms with Gasteiger partial charge in [0.1, 0.15) is 17.5 Å². The third kappa shape index (κ3) is 2.25. The van der Waals surface area contributed by atoms with Crippen molar-refractivity contribution >= 4 is 5.69 Å². The number of nitrogens with zero attached hydrogens (tertiary/aromatic N) is 4. The highest BCUT2D eigenvalue weighted by Gasteiger charge is 2.20. The van der Waals surface area contributed by atoms with Crippen LogP contribution in [0.4, 0.5) is 5.69 Å². The van der Waals surface area contributed by atoms with E-state index >= 15 is 0 Å². The average molecular weight is 277 g/mol. The summed E-state index contributed by atoms with van der Waals surface area (Å²) in [5.41, 5.74) is 6.42. The van der Waals surface area contributed by atoms with E-state index in [2.05, 4.69) is 10.4 Å². The lowest BCUT2D eigenvalue weighted by Gasteiger charge is -2.15. The summed E-state index contributed by atoms with van der Waals surface area (Å²) in [6.07, 6.45) is 0.795. The molecule has 0 bridgehead atoms. The molecular weight excluding hydrogens is 262 g/mol. The second-order valence-corrected chi connectivity index (χ2v) is 4.63. The number of benzene rings is 1. The van der Waals surface area contributed by atoms with Crippen LogP contribution in [0.3, 0.4) is 0 Å². The molecule has 1 fully saturated rings. The number of ether oxygens (including phenoxy) is 2. The summed E-state index contributed by atoms with van der Waals surface area (Å²) in [5, 5.41) is 7.50. The van der Waals surface area contributed by atoms with Crippen LogP contribution in [0.15, 0.2) is 23.0 Å². The van der Waals surface area contributed by atoms with Crippen molar-refractivity contribution in [2.45, 2.75) is 12.5 Å². The van der Waals surface area contributed by atoms with Crippen molar-refractivity contribution in [3.05, 3.63) is 28.7 Å². The standard InChI is InChI=1S/C12H15N5O3/c1-16-12(18)17(15-14-16)10-6-8(13)2-3-11(10)20-9-4-5-19-7-9/h2-3,6,9H,4-5,7,13H2,1H3/t9-/m0/s1. The van der Waals surface area contributed by atoms with Crippen LogP contribution in [0.25, 0.3) is 5.69 Å². The quantitative estimate of drug-likeness (QED) is 0.775. The van der Waals surface area contributed by atoms with Gasteiger partial charge in [0.05, 0.1) is 13.2 Å². The second kappa shape index (κ2) is 4.97. The van der Waals surface area contributed by atoms with Gasteiger partial charge in [0.25, 0.3) is 0 Å². The molecule has 1 atom stereocenters. The fourth-order valence-electron chi connectivity index (χ4n) is 2.05. The molecular formula is C12H15N5O3. The van der Waals surface area contributed by atoms with Crippen LogP contribution in [-0.2, 0) is 11.8 Å². The lowest BCUT2D eigenvalue weighted by atomic mass is 10.2. The number of hydrogen-bond acceptors (Lipinski definition) is 6. The minimum absolute atomic E-state index is 0.0234. The molecule has 1 aliphatic heterocycles. The van der Waals surface area contributed by atoms with Crippen molar-refractivity contribution in [1.82, 2.24) is 19.8 Å². The van der Waals surface area contributed by atoms with Crippen molar-refractivity contribution in [3.63, 3.8) is 0 Å². The van der Waals surface area contributed by atoms with E-state index in [9.17, 15) is 4.79 Å². The van der Waals surface area contributed by atoms with E-state index in [0.717, 1.165) is 11.1 Å². The van der Waals surface area contributed by atoms with Crippen LogP contribution < -0.4 is 16.2 Å². The number of tetrazole rings is 1. The monoisotopic (exact) mass is 277 g/mol. The van der Waals surface area contributed by atoms with Gasteiger partial charge in [-0.3, -0.25) is 0 Å². The fraction of sp³-hybridized carbons (Fsp3) is 0.417. The topological polar surface area (TPSA) is 97.2 Å². The van der Waals surface area contributed by atoms with Gasteiger partial charge < -0.3 is 15.2 Å². The number of nitrogens with two attached hydrogens (primary N) is 1. The molecule has 1 aromatic heterocycles. The first kappa shape index (κ1) is 12.7. The Hall–Kier alpha value is -2.35. The third-order valence-electron chi connectivity index (χ3n) is 3.11. The molecule has 0 aliphatic carbocycles. The Labute approximate surface area is 114 Å². The molecule has 1 aliphatic rings. The normalized spacial score (nSPS) is 18.4. The Kier molecular flexibility index (Phi) is 3.15. The lowest BCUT2D eigenvalue weighted by Crippen LogP contribution is -2.24. The highest BCUT2D eigenvalue weighted by atomic mass is 16.5. The van der Waals surface area contributed by atoms with E-state index < -0.39 is 0 Å². The first-order valence-electron chi connectivity index (χ1n) is 6.28. The third-order valence-corrected chi connectivity index (χ3v) is 3.11. The van der Waals surface area contributed by atoms with E-state index in [0.29, 0.717) is 30.3 Å². The highest BCUT2D eigenvalue weighted by Crippen LogP contribution is 2.26. The maximum atomic E-state index is 11.9. The Morgan fingerprint density at radius 1 is 1.45 bits per heavy atom. The molecule has 0 spiro atoms. The second-order valence-electron chi connectivity index (χ2n) is 4.63.